The average molecular weight is 473 g/mol. The molecule has 3 saturated carbocycles. The van der Waals surface area contributed by atoms with Crippen molar-refractivity contribution in [2.24, 2.45) is 46.3 Å². The first-order valence-electron chi connectivity index (χ1n) is 14.8. The van der Waals surface area contributed by atoms with Crippen molar-refractivity contribution in [2.75, 3.05) is 0 Å². The third-order valence-corrected chi connectivity index (χ3v) is 12.5. The van der Waals surface area contributed by atoms with Crippen LogP contribution in [0.5, 0.6) is 0 Å². The second-order valence-corrected chi connectivity index (χ2v) is 19.3. The van der Waals surface area contributed by atoms with Gasteiger partial charge in [0.25, 0.3) is 0 Å². The molecule has 4 aliphatic carbocycles. The van der Waals surface area contributed by atoms with Crippen LogP contribution in [0.1, 0.15) is 112 Å². The van der Waals surface area contributed by atoms with Gasteiger partial charge in [-0.3, -0.25) is 0 Å². The van der Waals surface area contributed by atoms with E-state index in [1.807, 2.05) is 11.1 Å². The normalized spacial score (nSPS) is 40.9. The first-order chi connectivity index (χ1) is 15.3. The number of allylic oxidation sites excluding steroid dienone is 2. The zero-order valence-corrected chi connectivity index (χ0v) is 24.7. The maximum Gasteiger partial charge on any atom is 0.184 e. The highest BCUT2D eigenvalue weighted by atomic mass is 28.4. The van der Waals surface area contributed by atoms with Gasteiger partial charge in [-0.1, -0.05) is 65.5 Å². The molecule has 0 heterocycles. The molecule has 0 spiro atoms. The highest BCUT2D eigenvalue weighted by Gasteiger charge is 2.55. The molecule has 0 saturated heterocycles. The molecule has 4 rings (SSSR count). The highest BCUT2D eigenvalue weighted by molar-refractivity contribution is 6.69. The van der Waals surface area contributed by atoms with Crippen LogP contribution in [-0.2, 0) is 4.43 Å². The molecule has 2 heteroatoms. The third-order valence-electron chi connectivity index (χ3n) is 11.4. The van der Waals surface area contributed by atoms with Crippen LogP contribution < -0.4 is 0 Å². The topological polar surface area (TPSA) is 9.23 Å². The summed E-state index contributed by atoms with van der Waals surface area (Å²) in [5, 5.41) is 0. The Hall–Kier alpha value is -0.0831. The largest absolute Gasteiger partial charge is 0.415 e. The van der Waals surface area contributed by atoms with Crippen LogP contribution in [0.2, 0.25) is 19.6 Å². The van der Waals surface area contributed by atoms with Crippen molar-refractivity contribution in [1.29, 1.82) is 0 Å². The van der Waals surface area contributed by atoms with E-state index >= 15 is 0 Å². The van der Waals surface area contributed by atoms with E-state index in [4.69, 9.17) is 4.43 Å². The first kappa shape index (κ1) is 26.0. The van der Waals surface area contributed by atoms with Gasteiger partial charge < -0.3 is 4.43 Å². The van der Waals surface area contributed by atoms with Crippen LogP contribution in [0.25, 0.3) is 0 Å². The number of rotatable bonds is 7. The predicted molar refractivity (Wildman–Crippen MR) is 146 cm³/mol. The minimum absolute atomic E-state index is 0.508. The first-order valence-corrected chi connectivity index (χ1v) is 18.2. The summed E-state index contributed by atoms with van der Waals surface area (Å²) in [4.78, 5) is 0. The summed E-state index contributed by atoms with van der Waals surface area (Å²) in [7, 11) is -1.44. The van der Waals surface area contributed by atoms with Crippen LogP contribution >= 0.6 is 0 Å². The molecule has 3 fully saturated rings. The molecule has 0 aromatic carbocycles. The van der Waals surface area contributed by atoms with Crippen molar-refractivity contribution in [3.8, 4) is 0 Å². The van der Waals surface area contributed by atoms with Crippen molar-refractivity contribution in [2.45, 2.75) is 138 Å². The SMILES string of the molecule is CC(C)C(C)CCC(C)C1CCC2=C3CCC4CC(O[Si](C)(C)C)CCC4(C)C3CCC21C. The van der Waals surface area contributed by atoms with E-state index < -0.39 is 8.32 Å². The van der Waals surface area contributed by atoms with E-state index in [-0.39, 0.29) is 0 Å². The van der Waals surface area contributed by atoms with Gasteiger partial charge in [-0.15, -0.1) is 0 Å². The fraction of sp³-hybridized carbons (Fsp3) is 0.935. The third kappa shape index (κ3) is 4.96. The van der Waals surface area contributed by atoms with Crippen LogP contribution in [0.4, 0.5) is 0 Å². The summed E-state index contributed by atoms with van der Waals surface area (Å²) in [6, 6.07) is 0. The molecule has 0 N–H and O–H groups in total. The molecule has 8 atom stereocenters. The highest BCUT2D eigenvalue weighted by Crippen LogP contribution is 2.66. The van der Waals surface area contributed by atoms with Gasteiger partial charge in [0.2, 0.25) is 0 Å². The molecule has 0 radical (unpaired) electrons. The predicted octanol–water partition coefficient (Wildman–Crippen LogP) is 9.64. The lowest BCUT2D eigenvalue weighted by atomic mass is 9.49. The van der Waals surface area contributed by atoms with Gasteiger partial charge in [-0.05, 0) is 124 Å². The molecular weight excluding hydrogens is 416 g/mol. The minimum atomic E-state index is -1.44. The van der Waals surface area contributed by atoms with Crippen LogP contribution in [0.3, 0.4) is 0 Å². The Labute approximate surface area is 208 Å². The van der Waals surface area contributed by atoms with E-state index in [0.29, 0.717) is 16.9 Å². The van der Waals surface area contributed by atoms with Crippen molar-refractivity contribution < 1.29 is 4.43 Å². The Bertz CT molecular complexity index is 732. The van der Waals surface area contributed by atoms with Crippen LogP contribution in [0.15, 0.2) is 11.1 Å². The summed E-state index contributed by atoms with van der Waals surface area (Å²) >= 11 is 0. The average Bonchev–Trinajstić information content (AvgIpc) is 3.08. The van der Waals surface area contributed by atoms with Crippen molar-refractivity contribution in [3.63, 3.8) is 0 Å². The Balaban J connectivity index is 1.49. The Morgan fingerprint density at radius 3 is 2.30 bits per heavy atom. The second kappa shape index (κ2) is 9.42. The molecule has 33 heavy (non-hydrogen) atoms. The van der Waals surface area contributed by atoms with Crippen molar-refractivity contribution >= 4 is 8.32 Å². The lowest BCUT2D eigenvalue weighted by Gasteiger charge is -2.57. The molecule has 190 valence electrons. The summed E-state index contributed by atoms with van der Waals surface area (Å²) in [6.07, 6.45) is 16.1. The maximum atomic E-state index is 6.62. The Kier molecular flexibility index (Phi) is 7.42. The van der Waals surface area contributed by atoms with Gasteiger partial charge in [0.15, 0.2) is 8.32 Å². The monoisotopic (exact) mass is 472 g/mol. The molecule has 1 nitrogen and oxygen atoms in total. The van der Waals surface area contributed by atoms with Gasteiger partial charge >= 0.3 is 0 Å². The standard InChI is InChI=1S/C31H56OSi/c1-21(2)22(3)10-11-23(4)27-14-15-28-26-13-12-24-20-25(32-33(7,8)9)16-18-30(24,5)29(26)17-19-31(27,28)6/h21-25,27,29H,10-20H2,1-9H3. The zero-order chi connectivity index (χ0) is 24.2. The molecule has 8 unspecified atom stereocenters. The van der Waals surface area contributed by atoms with E-state index in [2.05, 4.69) is 61.2 Å². The van der Waals surface area contributed by atoms with E-state index in [1.54, 1.807) is 0 Å². The van der Waals surface area contributed by atoms with Gasteiger partial charge in [0, 0.05) is 6.10 Å². The van der Waals surface area contributed by atoms with Gasteiger partial charge in [0.05, 0.1) is 0 Å². The molecule has 0 aromatic rings. The van der Waals surface area contributed by atoms with Gasteiger partial charge in [-0.2, -0.15) is 0 Å². The Morgan fingerprint density at radius 1 is 0.909 bits per heavy atom. The van der Waals surface area contributed by atoms with Crippen LogP contribution in [-0.4, -0.2) is 14.4 Å². The van der Waals surface area contributed by atoms with Crippen LogP contribution in [0, 0.1) is 46.3 Å². The van der Waals surface area contributed by atoms with Crippen molar-refractivity contribution in [3.05, 3.63) is 11.1 Å². The molecule has 0 aromatic heterocycles. The zero-order valence-electron chi connectivity index (χ0n) is 23.7. The lowest BCUT2D eigenvalue weighted by molar-refractivity contribution is -0.0328. The summed E-state index contributed by atoms with van der Waals surface area (Å²) in [6.45, 7) is 22.4. The summed E-state index contributed by atoms with van der Waals surface area (Å²) in [5.74, 6) is 5.26. The number of hydrogen-bond donors (Lipinski definition) is 0. The quantitative estimate of drug-likeness (QED) is 0.265. The molecule has 0 bridgehead atoms. The molecule has 0 amide bonds. The summed E-state index contributed by atoms with van der Waals surface area (Å²) < 4.78 is 6.62. The fourth-order valence-electron chi connectivity index (χ4n) is 9.07. The minimum Gasteiger partial charge on any atom is -0.415 e. The van der Waals surface area contributed by atoms with E-state index in [1.165, 1.54) is 70.6 Å². The molecule has 4 aliphatic rings. The van der Waals surface area contributed by atoms with E-state index in [9.17, 15) is 0 Å². The lowest BCUT2D eigenvalue weighted by Crippen LogP contribution is -2.49. The maximum absolute atomic E-state index is 6.62. The smallest absolute Gasteiger partial charge is 0.184 e. The molecular formula is C31H56OSi. The second-order valence-electron chi connectivity index (χ2n) is 14.8. The van der Waals surface area contributed by atoms with E-state index in [0.717, 1.165) is 35.5 Å². The van der Waals surface area contributed by atoms with Crippen molar-refractivity contribution in [1.82, 2.24) is 0 Å². The summed E-state index contributed by atoms with van der Waals surface area (Å²) in [5.41, 5.74) is 4.98. The van der Waals surface area contributed by atoms with Gasteiger partial charge in [-0.25, -0.2) is 0 Å². The number of hydrogen-bond acceptors (Lipinski definition) is 1. The Morgan fingerprint density at radius 2 is 1.64 bits per heavy atom. The molecule has 0 aliphatic heterocycles. The fourth-order valence-corrected chi connectivity index (χ4v) is 10.3. The number of fused-ring (bicyclic) bond motifs is 4. The van der Waals surface area contributed by atoms with Gasteiger partial charge in [0.1, 0.15) is 0 Å².